The number of hydrogen-bond acceptors (Lipinski definition) is 3. The highest BCUT2D eigenvalue weighted by atomic mass is 16.6. The second kappa shape index (κ2) is 4.57. The van der Waals surface area contributed by atoms with Crippen LogP contribution in [0.5, 0.6) is 0 Å². The van der Waals surface area contributed by atoms with Gasteiger partial charge in [-0.25, -0.2) is 4.79 Å². The minimum absolute atomic E-state index is 0.127. The molecule has 1 aromatic rings. The third-order valence-electron chi connectivity index (χ3n) is 3.94. The van der Waals surface area contributed by atoms with Crippen LogP contribution >= 0.6 is 0 Å². The van der Waals surface area contributed by atoms with Crippen molar-refractivity contribution in [1.29, 1.82) is 0 Å². The Kier molecular flexibility index (Phi) is 2.89. The summed E-state index contributed by atoms with van der Waals surface area (Å²) in [5.41, 5.74) is 0.948. The van der Waals surface area contributed by atoms with E-state index in [9.17, 15) is 9.59 Å². The van der Waals surface area contributed by atoms with Gasteiger partial charge < -0.3 is 14.7 Å². The lowest BCUT2D eigenvalue weighted by molar-refractivity contribution is -0.139. The molecule has 0 aromatic heterocycles. The largest absolute Gasteiger partial charge is 0.481 e. The fraction of sp³-hybridized carbons (Fsp3) is 0.429. The number of amides is 1. The number of ether oxygens (including phenoxy) is 1. The second-order valence-electron chi connectivity index (χ2n) is 5.14. The molecule has 1 amide bonds. The van der Waals surface area contributed by atoms with E-state index in [-0.39, 0.29) is 30.5 Å². The van der Waals surface area contributed by atoms with Gasteiger partial charge in [0.2, 0.25) is 0 Å². The Labute approximate surface area is 110 Å². The van der Waals surface area contributed by atoms with E-state index in [1.807, 2.05) is 30.3 Å². The molecular formula is C14H15NO4. The first kappa shape index (κ1) is 12.0. The SMILES string of the molecule is O=C(O)C1[C@@H]2CN(C(=O)OCc3ccccc3)C[C@@H]12. The number of hydrogen-bond donors (Lipinski definition) is 1. The molecule has 0 spiro atoms. The van der Waals surface area contributed by atoms with Gasteiger partial charge in [0.1, 0.15) is 6.61 Å². The van der Waals surface area contributed by atoms with Crippen LogP contribution < -0.4 is 0 Å². The van der Waals surface area contributed by atoms with Gasteiger partial charge in [-0.1, -0.05) is 30.3 Å². The number of nitrogens with zero attached hydrogens (tertiary/aromatic N) is 1. The van der Waals surface area contributed by atoms with Crippen LogP contribution in [-0.4, -0.2) is 35.2 Å². The first-order valence-corrected chi connectivity index (χ1v) is 6.35. The first-order valence-electron chi connectivity index (χ1n) is 6.35. The maximum absolute atomic E-state index is 11.8. The predicted molar refractivity (Wildman–Crippen MR) is 66.3 cm³/mol. The summed E-state index contributed by atoms with van der Waals surface area (Å²) in [6.07, 6.45) is -0.347. The molecule has 3 rings (SSSR count). The number of carbonyl (C=O) groups excluding carboxylic acids is 1. The summed E-state index contributed by atoms with van der Waals surface area (Å²) >= 11 is 0. The molecular weight excluding hydrogens is 246 g/mol. The van der Waals surface area contributed by atoms with Gasteiger partial charge in [-0.2, -0.15) is 0 Å². The van der Waals surface area contributed by atoms with Gasteiger partial charge in [0, 0.05) is 13.1 Å². The van der Waals surface area contributed by atoms with E-state index in [1.165, 1.54) is 0 Å². The number of fused-ring (bicyclic) bond motifs is 1. The fourth-order valence-corrected chi connectivity index (χ4v) is 2.85. The standard InChI is InChI=1S/C14H15NO4/c16-13(17)12-10-6-15(7-11(10)12)14(18)19-8-9-4-2-1-3-5-9/h1-5,10-12H,6-8H2,(H,16,17)/t10-,11-/m1/s1. The number of benzene rings is 1. The van der Waals surface area contributed by atoms with E-state index < -0.39 is 5.97 Å². The van der Waals surface area contributed by atoms with Crippen molar-refractivity contribution in [2.24, 2.45) is 17.8 Å². The smallest absolute Gasteiger partial charge is 0.410 e. The zero-order chi connectivity index (χ0) is 13.4. The molecule has 1 aliphatic carbocycles. The van der Waals surface area contributed by atoms with Crippen LogP contribution in [0.25, 0.3) is 0 Å². The predicted octanol–water partition coefficient (Wildman–Crippen LogP) is 1.59. The molecule has 0 radical (unpaired) electrons. The number of rotatable bonds is 3. The monoisotopic (exact) mass is 261 g/mol. The fourth-order valence-electron chi connectivity index (χ4n) is 2.85. The van der Waals surface area contributed by atoms with Crippen molar-refractivity contribution in [2.45, 2.75) is 6.61 Å². The number of carbonyl (C=O) groups is 2. The summed E-state index contributed by atoms with van der Waals surface area (Å²) in [5.74, 6) is -0.742. The zero-order valence-electron chi connectivity index (χ0n) is 10.4. The summed E-state index contributed by atoms with van der Waals surface area (Å²) < 4.78 is 5.22. The third-order valence-corrected chi connectivity index (χ3v) is 3.94. The molecule has 1 aromatic carbocycles. The van der Waals surface area contributed by atoms with Crippen LogP contribution in [-0.2, 0) is 16.1 Å². The van der Waals surface area contributed by atoms with Gasteiger partial charge in [0.15, 0.2) is 0 Å². The Hall–Kier alpha value is -2.04. The van der Waals surface area contributed by atoms with Gasteiger partial charge in [0.25, 0.3) is 0 Å². The van der Waals surface area contributed by atoms with E-state index in [0.29, 0.717) is 13.1 Å². The molecule has 1 N–H and O–H groups in total. The van der Waals surface area contributed by atoms with Gasteiger partial charge in [0.05, 0.1) is 5.92 Å². The second-order valence-corrected chi connectivity index (χ2v) is 5.14. The lowest BCUT2D eigenvalue weighted by Crippen LogP contribution is -2.32. The van der Waals surface area contributed by atoms with Crippen molar-refractivity contribution in [3.8, 4) is 0 Å². The van der Waals surface area contributed by atoms with E-state index in [0.717, 1.165) is 5.56 Å². The van der Waals surface area contributed by atoms with Crippen LogP contribution in [0, 0.1) is 17.8 Å². The van der Waals surface area contributed by atoms with E-state index >= 15 is 0 Å². The molecule has 0 unspecified atom stereocenters. The number of aliphatic carboxylic acids is 1. The maximum atomic E-state index is 11.8. The molecule has 2 fully saturated rings. The zero-order valence-corrected chi connectivity index (χ0v) is 10.4. The van der Waals surface area contributed by atoms with Crippen LogP contribution in [0.3, 0.4) is 0 Å². The summed E-state index contributed by atoms with van der Waals surface area (Å²) in [6.45, 7) is 1.28. The van der Waals surface area contributed by atoms with Crippen LogP contribution in [0.4, 0.5) is 4.79 Å². The van der Waals surface area contributed by atoms with Gasteiger partial charge in [-0.15, -0.1) is 0 Å². The molecule has 2 atom stereocenters. The summed E-state index contributed by atoms with van der Waals surface area (Å²) in [5, 5.41) is 8.90. The Balaban J connectivity index is 1.47. The number of likely N-dealkylation sites (tertiary alicyclic amines) is 1. The highest BCUT2D eigenvalue weighted by molar-refractivity contribution is 5.76. The number of carboxylic acids is 1. The maximum Gasteiger partial charge on any atom is 0.410 e. The molecule has 1 saturated carbocycles. The quantitative estimate of drug-likeness (QED) is 0.897. The van der Waals surface area contributed by atoms with E-state index in [4.69, 9.17) is 9.84 Å². The van der Waals surface area contributed by atoms with Crippen LogP contribution in [0.2, 0.25) is 0 Å². The molecule has 1 aliphatic heterocycles. The lowest BCUT2D eigenvalue weighted by Gasteiger charge is -2.18. The summed E-state index contributed by atoms with van der Waals surface area (Å²) in [4.78, 5) is 24.3. The normalized spacial score (nSPS) is 27.8. The number of piperidine rings is 1. The first-order chi connectivity index (χ1) is 9.16. The van der Waals surface area contributed by atoms with Crippen molar-refractivity contribution < 1.29 is 19.4 Å². The third kappa shape index (κ3) is 2.28. The summed E-state index contributed by atoms with van der Waals surface area (Å²) in [7, 11) is 0. The molecule has 1 heterocycles. The Morgan fingerprint density at radius 2 is 1.84 bits per heavy atom. The average molecular weight is 261 g/mol. The lowest BCUT2D eigenvalue weighted by atomic mass is 10.2. The topological polar surface area (TPSA) is 66.8 Å². The molecule has 19 heavy (non-hydrogen) atoms. The molecule has 5 heteroatoms. The Morgan fingerprint density at radius 1 is 1.21 bits per heavy atom. The van der Waals surface area contributed by atoms with Crippen LogP contribution in [0.1, 0.15) is 5.56 Å². The Morgan fingerprint density at radius 3 is 2.42 bits per heavy atom. The van der Waals surface area contributed by atoms with E-state index in [2.05, 4.69) is 0 Å². The van der Waals surface area contributed by atoms with Crippen molar-refractivity contribution in [3.05, 3.63) is 35.9 Å². The van der Waals surface area contributed by atoms with Gasteiger partial charge in [-0.05, 0) is 17.4 Å². The minimum Gasteiger partial charge on any atom is -0.481 e. The summed E-state index contributed by atoms with van der Waals surface area (Å²) in [6, 6.07) is 9.49. The highest BCUT2D eigenvalue weighted by Crippen LogP contribution is 2.51. The minimum atomic E-state index is -0.743. The molecule has 100 valence electrons. The molecule has 1 saturated heterocycles. The van der Waals surface area contributed by atoms with Crippen molar-refractivity contribution >= 4 is 12.1 Å². The highest BCUT2D eigenvalue weighted by Gasteiger charge is 2.60. The van der Waals surface area contributed by atoms with Gasteiger partial charge in [-0.3, -0.25) is 4.79 Å². The van der Waals surface area contributed by atoms with Crippen molar-refractivity contribution in [2.75, 3.05) is 13.1 Å². The van der Waals surface area contributed by atoms with Crippen LogP contribution in [0.15, 0.2) is 30.3 Å². The van der Waals surface area contributed by atoms with E-state index in [1.54, 1.807) is 4.90 Å². The average Bonchev–Trinajstić information content (AvgIpc) is 2.93. The molecule has 0 bridgehead atoms. The molecule has 5 nitrogen and oxygen atoms in total. The molecule has 2 aliphatic rings. The van der Waals surface area contributed by atoms with Gasteiger partial charge >= 0.3 is 12.1 Å². The van der Waals surface area contributed by atoms with Crippen molar-refractivity contribution in [1.82, 2.24) is 4.90 Å². The Bertz CT molecular complexity index is 489. The number of carboxylic acid groups (broad SMARTS) is 1. The van der Waals surface area contributed by atoms with Crippen molar-refractivity contribution in [3.63, 3.8) is 0 Å².